The highest BCUT2D eigenvalue weighted by atomic mass is 16.5. The predicted molar refractivity (Wildman–Crippen MR) is 79.6 cm³/mol. The molecule has 0 spiro atoms. The molecule has 0 saturated heterocycles. The van der Waals surface area contributed by atoms with Gasteiger partial charge in [-0.2, -0.15) is 0 Å². The molecule has 1 aliphatic carbocycles. The van der Waals surface area contributed by atoms with Gasteiger partial charge >= 0.3 is 5.97 Å². The molecule has 0 aromatic carbocycles. The van der Waals surface area contributed by atoms with Crippen molar-refractivity contribution < 1.29 is 9.53 Å². The van der Waals surface area contributed by atoms with Crippen molar-refractivity contribution in [2.75, 3.05) is 0 Å². The molecule has 0 saturated carbocycles. The second-order valence-electron chi connectivity index (χ2n) is 6.95. The van der Waals surface area contributed by atoms with Crippen LogP contribution in [0.3, 0.4) is 0 Å². The molecule has 0 bridgehead atoms. The highest BCUT2D eigenvalue weighted by Crippen LogP contribution is 2.27. The minimum absolute atomic E-state index is 0.0573. The number of rotatable bonds is 5. The summed E-state index contributed by atoms with van der Waals surface area (Å²) in [5.41, 5.74) is 1.90. The minimum Gasteiger partial charge on any atom is -0.431 e. The van der Waals surface area contributed by atoms with Crippen LogP contribution in [-0.2, 0) is 9.53 Å². The van der Waals surface area contributed by atoms with E-state index in [4.69, 9.17) is 4.74 Å². The number of hydrogen-bond donors (Lipinski definition) is 0. The molecule has 1 rings (SSSR count). The van der Waals surface area contributed by atoms with E-state index in [1.807, 2.05) is 19.9 Å². The van der Waals surface area contributed by atoms with E-state index in [0.717, 1.165) is 18.6 Å². The number of esters is 1. The summed E-state index contributed by atoms with van der Waals surface area (Å²) in [6, 6.07) is 0. The highest BCUT2D eigenvalue weighted by Gasteiger charge is 2.15. The SMILES string of the molecule is CC(C)C(=O)OC1=CC=C(CCCC(C)(C)C)CC1. The van der Waals surface area contributed by atoms with Gasteiger partial charge in [0.25, 0.3) is 0 Å². The second-order valence-corrected chi connectivity index (χ2v) is 6.95. The summed E-state index contributed by atoms with van der Waals surface area (Å²) in [4.78, 5) is 11.5. The van der Waals surface area contributed by atoms with E-state index in [9.17, 15) is 4.79 Å². The summed E-state index contributed by atoms with van der Waals surface area (Å²) < 4.78 is 5.34. The Bertz CT molecular complexity index is 367. The lowest BCUT2D eigenvalue weighted by Gasteiger charge is -2.19. The van der Waals surface area contributed by atoms with Gasteiger partial charge < -0.3 is 4.74 Å². The maximum atomic E-state index is 11.5. The van der Waals surface area contributed by atoms with Gasteiger partial charge in [0, 0.05) is 6.42 Å². The second kappa shape index (κ2) is 6.93. The zero-order valence-corrected chi connectivity index (χ0v) is 13.1. The largest absolute Gasteiger partial charge is 0.431 e. The molecule has 0 aromatic heterocycles. The molecule has 19 heavy (non-hydrogen) atoms. The summed E-state index contributed by atoms with van der Waals surface area (Å²) in [6.45, 7) is 10.6. The highest BCUT2D eigenvalue weighted by molar-refractivity contribution is 5.72. The van der Waals surface area contributed by atoms with E-state index in [1.165, 1.54) is 24.8 Å². The van der Waals surface area contributed by atoms with Crippen molar-refractivity contribution in [1.82, 2.24) is 0 Å². The molecule has 2 heteroatoms. The fraction of sp³-hybridized carbons (Fsp3) is 0.706. The molecule has 0 heterocycles. The van der Waals surface area contributed by atoms with Crippen molar-refractivity contribution in [2.24, 2.45) is 11.3 Å². The van der Waals surface area contributed by atoms with Crippen molar-refractivity contribution in [1.29, 1.82) is 0 Å². The van der Waals surface area contributed by atoms with Crippen LogP contribution in [0.1, 0.15) is 66.7 Å². The van der Waals surface area contributed by atoms with E-state index in [2.05, 4.69) is 26.8 Å². The molecule has 0 aliphatic heterocycles. The smallest absolute Gasteiger partial charge is 0.313 e. The topological polar surface area (TPSA) is 26.3 Å². The number of hydrogen-bond acceptors (Lipinski definition) is 2. The van der Waals surface area contributed by atoms with Crippen LogP contribution in [0.4, 0.5) is 0 Å². The van der Waals surface area contributed by atoms with Crippen LogP contribution in [0.2, 0.25) is 0 Å². The monoisotopic (exact) mass is 264 g/mol. The maximum Gasteiger partial charge on any atom is 0.313 e. The molecule has 0 amide bonds. The van der Waals surface area contributed by atoms with Gasteiger partial charge in [-0.15, -0.1) is 0 Å². The van der Waals surface area contributed by atoms with Crippen molar-refractivity contribution in [3.63, 3.8) is 0 Å². The molecule has 1 aliphatic rings. The van der Waals surface area contributed by atoms with Crippen LogP contribution in [0.15, 0.2) is 23.5 Å². The molecule has 0 atom stereocenters. The molecule has 0 unspecified atom stereocenters. The molecule has 0 N–H and O–H groups in total. The first-order valence-corrected chi connectivity index (χ1v) is 7.38. The molecule has 0 fully saturated rings. The van der Waals surface area contributed by atoms with Crippen molar-refractivity contribution >= 4 is 5.97 Å². The molecule has 0 radical (unpaired) electrons. The summed E-state index contributed by atoms with van der Waals surface area (Å²) in [6.07, 6.45) is 9.65. The van der Waals surface area contributed by atoms with Crippen LogP contribution in [0.5, 0.6) is 0 Å². The lowest BCUT2D eigenvalue weighted by Crippen LogP contribution is -2.12. The van der Waals surface area contributed by atoms with Crippen LogP contribution >= 0.6 is 0 Å². The van der Waals surface area contributed by atoms with Gasteiger partial charge in [-0.1, -0.05) is 46.3 Å². The quantitative estimate of drug-likeness (QED) is 0.653. The van der Waals surface area contributed by atoms with Crippen LogP contribution in [0.25, 0.3) is 0 Å². The predicted octanol–water partition coefficient (Wildman–Crippen LogP) is 5.01. The molecule has 2 nitrogen and oxygen atoms in total. The third-order valence-corrected chi connectivity index (χ3v) is 3.33. The summed E-state index contributed by atoms with van der Waals surface area (Å²) >= 11 is 0. The summed E-state index contributed by atoms with van der Waals surface area (Å²) in [7, 11) is 0. The average Bonchev–Trinajstić information content (AvgIpc) is 2.29. The first-order chi connectivity index (χ1) is 8.78. The molecular weight excluding hydrogens is 236 g/mol. The van der Waals surface area contributed by atoms with Crippen molar-refractivity contribution in [3.05, 3.63) is 23.5 Å². The van der Waals surface area contributed by atoms with E-state index in [1.54, 1.807) is 0 Å². The Balaban J connectivity index is 2.39. The van der Waals surface area contributed by atoms with Crippen molar-refractivity contribution in [3.8, 4) is 0 Å². The Labute approximate surface area is 117 Å². The number of carbonyl (C=O) groups excluding carboxylic acids is 1. The van der Waals surface area contributed by atoms with Gasteiger partial charge in [-0.05, 0) is 37.2 Å². The van der Waals surface area contributed by atoms with Gasteiger partial charge in [0.2, 0.25) is 0 Å². The van der Waals surface area contributed by atoms with Crippen molar-refractivity contribution in [2.45, 2.75) is 66.7 Å². The zero-order chi connectivity index (χ0) is 14.5. The first kappa shape index (κ1) is 16.0. The summed E-state index contributed by atoms with van der Waals surface area (Å²) in [5.74, 6) is 0.632. The van der Waals surface area contributed by atoms with Gasteiger partial charge in [0.15, 0.2) is 0 Å². The number of ether oxygens (including phenoxy) is 1. The molecule has 0 aromatic rings. The number of carbonyl (C=O) groups is 1. The summed E-state index contributed by atoms with van der Waals surface area (Å²) in [5, 5.41) is 0. The van der Waals surface area contributed by atoms with Gasteiger partial charge in [0.05, 0.1) is 5.92 Å². The number of allylic oxidation sites excluding steroid dienone is 4. The van der Waals surface area contributed by atoms with E-state index in [0.29, 0.717) is 5.41 Å². The third-order valence-electron chi connectivity index (χ3n) is 3.33. The zero-order valence-electron chi connectivity index (χ0n) is 13.1. The molecular formula is C17H28O2. The Morgan fingerprint density at radius 2 is 1.95 bits per heavy atom. The Morgan fingerprint density at radius 1 is 1.26 bits per heavy atom. The standard InChI is InChI=1S/C17H28O2/c1-13(2)16(18)19-15-10-8-14(9-11-15)7-6-12-17(3,4)5/h8,10,13H,6-7,9,11-12H2,1-5H3. The van der Waals surface area contributed by atoms with E-state index < -0.39 is 0 Å². The Kier molecular flexibility index (Phi) is 5.84. The van der Waals surface area contributed by atoms with Crippen LogP contribution in [0, 0.1) is 11.3 Å². The van der Waals surface area contributed by atoms with Gasteiger partial charge in [0.1, 0.15) is 5.76 Å². The van der Waals surface area contributed by atoms with Crippen LogP contribution < -0.4 is 0 Å². The average molecular weight is 264 g/mol. The lowest BCUT2D eigenvalue weighted by molar-refractivity contribution is -0.143. The van der Waals surface area contributed by atoms with Gasteiger partial charge in [-0.25, -0.2) is 0 Å². The third kappa shape index (κ3) is 6.60. The lowest BCUT2D eigenvalue weighted by atomic mass is 9.88. The first-order valence-electron chi connectivity index (χ1n) is 7.38. The normalized spacial score (nSPS) is 16.1. The minimum atomic E-state index is -0.129. The van der Waals surface area contributed by atoms with Crippen LogP contribution in [-0.4, -0.2) is 5.97 Å². The van der Waals surface area contributed by atoms with E-state index >= 15 is 0 Å². The fourth-order valence-electron chi connectivity index (χ4n) is 2.05. The Morgan fingerprint density at radius 3 is 2.42 bits per heavy atom. The Hall–Kier alpha value is -1.05. The fourth-order valence-corrected chi connectivity index (χ4v) is 2.05. The van der Waals surface area contributed by atoms with Gasteiger partial charge in [-0.3, -0.25) is 4.79 Å². The maximum absolute atomic E-state index is 11.5. The van der Waals surface area contributed by atoms with E-state index in [-0.39, 0.29) is 11.9 Å². The molecule has 108 valence electrons.